The molecular formula is C12H11F3N2O2. The Labute approximate surface area is 106 Å². The van der Waals surface area contributed by atoms with E-state index in [1.54, 1.807) is 0 Å². The zero-order valence-corrected chi connectivity index (χ0v) is 10.0. The van der Waals surface area contributed by atoms with Crippen LogP contribution in [-0.4, -0.2) is 20.5 Å². The largest absolute Gasteiger partial charge is 0.477 e. The first kappa shape index (κ1) is 13.4. The van der Waals surface area contributed by atoms with Crippen LogP contribution in [0.15, 0.2) is 18.3 Å². The first-order valence-electron chi connectivity index (χ1n) is 5.66. The maximum absolute atomic E-state index is 12.6. The van der Waals surface area contributed by atoms with E-state index in [0.29, 0.717) is 18.5 Å². The lowest BCUT2D eigenvalue weighted by Gasteiger charge is -2.07. The molecule has 7 heteroatoms. The topological polar surface area (TPSA) is 54.6 Å². The van der Waals surface area contributed by atoms with Crippen molar-refractivity contribution in [2.75, 3.05) is 0 Å². The fourth-order valence-corrected chi connectivity index (χ4v) is 1.90. The maximum atomic E-state index is 12.6. The molecule has 19 heavy (non-hydrogen) atoms. The number of alkyl halides is 3. The number of rotatable bonds is 3. The zero-order chi connectivity index (χ0) is 14.2. The average Bonchev–Trinajstić information content (AvgIpc) is 2.65. The summed E-state index contributed by atoms with van der Waals surface area (Å²) in [4.78, 5) is 15.3. The summed E-state index contributed by atoms with van der Waals surface area (Å²) in [5, 5.41) is 9.13. The molecule has 0 aliphatic rings. The monoisotopic (exact) mass is 272 g/mol. The molecule has 0 aliphatic heterocycles. The number of pyridine rings is 1. The molecule has 2 aromatic heterocycles. The van der Waals surface area contributed by atoms with Crippen molar-refractivity contribution in [3.8, 4) is 0 Å². The van der Waals surface area contributed by atoms with Crippen molar-refractivity contribution in [2.45, 2.75) is 25.9 Å². The van der Waals surface area contributed by atoms with Crippen molar-refractivity contribution in [3.63, 3.8) is 0 Å². The van der Waals surface area contributed by atoms with E-state index in [9.17, 15) is 18.0 Å². The molecule has 0 bridgehead atoms. The Morgan fingerprint density at radius 1 is 1.42 bits per heavy atom. The zero-order valence-electron chi connectivity index (χ0n) is 10.0. The number of imidazole rings is 1. The molecule has 0 saturated heterocycles. The summed E-state index contributed by atoms with van der Waals surface area (Å²) in [7, 11) is 0. The summed E-state index contributed by atoms with van der Waals surface area (Å²) in [6.07, 6.45) is -2.68. The van der Waals surface area contributed by atoms with Gasteiger partial charge in [0.15, 0.2) is 5.69 Å². The van der Waals surface area contributed by atoms with E-state index in [0.717, 1.165) is 16.7 Å². The van der Waals surface area contributed by atoms with Gasteiger partial charge in [0.05, 0.1) is 11.3 Å². The first-order chi connectivity index (χ1) is 8.84. The molecule has 0 aliphatic carbocycles. The van der Waals surface area contributed by atoms with Crippen molar-refractivity contribution in [3.05, 3.63) is 35.3 Å². The molecule has 0 radical (unpaired) electrons. The molecule has 2 heterocycles. The summed E-state index contributed by atoms with van der Waals surface area (Å²) in [6, 6.07) is 2.07. The predicted octanol–water partition coefficient (Wildman–Crippen LogP) is 3.00. The molecule has 2 aromatic rings. The highest BCUT2D eigenvalue weighted by Gasteiger charge is 2.31. The van der Waals surface area contributed by atoms with Crippen molar-refractivity contribution >= 4 is 11.6 Å². The van der Waals surface area contributed by atoms with Gasteiger partial charge in [0.2, 0.25) is 0 Å². The lowest BCUT2D eigenvalue weighted by molar-refractivity contribution is -0.137. The maximum Gasteiger partial charge on any atom is 0.417 e. The normalized spacial score (nSPS) is 12.0. The number of hydrogen-bond acceptors (Lipinski definition) is 2. The molecule has 102 valence electrons. The second-order valence-electron chi connectivity index (χ2n) is 4.11. The van der Waals surface area contributed by atoms with Crippen LogP contribution in [0, 0.1) is 0 Å². The summed E-state index contributed by atoms with van der Waals surface area (Å²) in [5.41, 5.74) is -0.603. The summed E-state index contributed by atoms with van der Waals surface area (Å²) >= 11 is 0. The second kappa shape index (κ2) is 4.56. The number of fused-ring (bicyclic) bond motifs is 1. The number of aromatic carboxylic acids is 1. The van der Waals surface area contributed by atoms with Crippen LogP contribution < -0.4 is 0 Å². The Hall–Kier alpha value is -2.05. The number of carbonyl (C=O) groups is 1. The molecule has 2 rings (SSSR count). The first-order valence-corrected chi connectivity index (χ1v) is 5.66. The smallest absolute Gasteiger partial charge is 0.417 e. The van der Waals surface area contributed by atoms with Crippen LogP contribution in [0.25, 0.3) is 5.65 Å². The summed E-state index contributed by atoms with van der Waals surface area (Å²) in [5.74, 6) is -1.28. The molecule has 1 N–H and O–H groups in total. The van der Waals surface area contributed by atoms with Crippen LogP contribution in [0.2, 0.25) is 0 Å². The number of carboxylic acid groups (broad SMARTS) is 1. The molecule has 0 fully saturated rings. The molecule has 0 spiro atoms. The Balaban J connectivity index is 2.69. The molecule has 0 aromatic carbocycles. The number of hydrogen-bond donors (Lipinski definition) is 1. The second-order valence-corrected chi connectivity index (χ2v) is 4.11. The van der Waals surface area contributed by atoms with Crippen LogP contribution in [0.1, 0.15) is 35.1 Å². The lowest BCUT2D eigenvalue weighted by Crippen LogP contribution is -2.09. The number of halogens is 3. The van der Waals surface area contributed by atoms with Gasteiger partial charge in [-0.3, -0.25) is 4.40 Å². The molecule has 0 amide bonds. The van der Waals surface area contributed by atoms with Gasteiger partial charge >= 0.3 is 12.1 Å². The highest BCUT2D eigenvalue weighted by molar-refractivity contribution is 5.88. The van der Waals surface area contributed by atoms with Crippen molar-refractivity contribution < 1.29 is 23.1 Å². The Bertz CT molecular complexity index is 632. The molecule has 0 atom stereocenters. The minimum absolute atomic E-state index is 0.203. The van der Waals surface area contributed by atoms with E-state index in [-0.39, 0.29) is 11.3 Å². The van der Waals surface area contributed by atoms with Crippen molar-refractivity contribution in [1.82, 2.24) is 9.38 Å². The third-order valence-electron chi connectivity index (χ3n) is 2.71. The van der Waals surface area contributed by atoms with E-state index < -0.39 is 17.7 Å². The van der Waals surface area contributed by atoms with Gasteiger partial charge in [-0.1, -0.05) is 13.3 Å². The molecule has 0 saturated carbocycles. The van der Waals surface area contributed by atoms with E-state index in [2.05, 4.69) is 4.98 Å². The van der Waals surface area contributed by atoms with Crippen LogP contribution >= 0.6 is 0 Å². The predicted molar refractivity (Wildman–Crippen MR) is 61.1 cm³/mol. The van der Waals surface area contributed by atoms with Crippen molar-refractivity contribution in [1.29, 1.82) is 0 Å². The Morgan fingerprint density at radius 2 is 2.11 bits per heavy atom. The van der Waals surface area contributed by atoms with Gasteiger partial charge in [-0.05, 0) is 18.6 Å². The Kier molecular flexibility index (Phi) is 3.21. The van der Waals surface area contributed by atoms with Gasteiger partial charge < -0.3 is 5.11 Å². The van der Waals surface area contributed by atoms with Gasteiger partial charge in [-0.25, -0.2) is 9.78 Å². The average molecular weight is 272 g/mol. The quantitative estimate of drug-likeness (QED) is 0.934. The number of aryl methyl sites for hydroxylation is 1. The van der Waals surface area contributed by atoms with Crippen LogP contribution in [-0.2, 0) is 12.6 Å². The third-order valence-corrected chi connectivity index (χ3v) is 2.71. The number of nitrogens with zero attached hydrogens (tertiary/aromatic N) is 2. The van der Waals surface area contributed by atoms with Crippen LogP contribution in [0.4, 0.5) is 13.2 Å². The van der Waals surface area contributed by atoms with E-state index in [1.807, 2.05) is 6.92 Å². The fourth-order valence-electron chi connectivity index (χ4n) is 1.90. The molecular weight excluding hydrogens is 261 g/mol. The molecule has 0 unspecified atom stereocenters. The van der Waals surface area contributed by atoms with Crippen LogP contribution in [0.3, 0.4) is 0 Å². The SMILES string of the molecule is CCCc1nc2ccc(C(F)(F)F)cn2c1C(=O)O. The third kappa shape index (κ3) is 2.40. The minimum Gasteiger partial charge on any atom is -0.477 e. The highest BCUT2D eigenvalue weighted by atomic mass is 19.4. The summed E-state index contributed by atoms with van der Waals surface area (Å²) in [6.45, 7) is 1.84. The highest BCUT2D eigenvalue weighted by Crippen LogP contribution is 2.30. The molecule has 4 nitrogen and oxygen atoms in total. The van der Waals surface area contributed by atoms with Gasteiger partial charge in [-0.15, -0.1) is 0 Å². The fraction of sp³-hybridized carbons (Fsp3) is 0.333. The Morgan fingerprint density at radius 3 is 2.63 bits per heavy atom. The number of carboxylic acids is 1. The standard InChI is InChI=1S/C12H11F3N2O2/c1-2-3-8-10(11(18)19)17-6-7(12(13,14)15)4-5-9(17)16-8/h4-6H,2-3H2,1H3,(H,18,19). The lowest BCUT2D eigenvalue weighted by atomic mass is 10.2. The van der Waals surface area contributed by atoms with Crippen molar-refractivity contribution in [2.24, 2.45) is 0 Å². The van der Waals surface area contributed by atoms with Gasteiger partial charge in [0, 0.05) is 6.20 Å². The van der Waals surface area contributed by atoms with Crippen LogP contribution in [0.5, 0.6) is 0 Å². The van der Waals surface area contributed by atoms with Gasteiger partial charge in [0.1, 0.15) is 5.65 Å². The minimum atomic E-state index is -4.51. The number of aromatic nitrogens is 2. The summed E-state index contributed by atoms with van der Waals surface area (Å²) < 4.78 is 38.8. The van der Waals surface area contributed by atoms with E-state index in [1.165, 1.54) is 6.07 Å². The van der Waals surface area contributed by atoms with E-state index in [4.69, 9.17) is 5.11 Å². The van der Waals surface area contributed by atoms with Gasteiger partial charge in [-0.2, -0.15) is 13.2 Å². The van der Waals surface area contributed by atoms with Gasteiger partial charge in [0.25, 0.3) is 0 Å². The van der Waals surface area contributed by atoms with E-state index >= 15 is 0 Å².